The second kappa shape index (κ2) is 16.8. The molecule has 2 N–H and O–H groups in total. The number of piperidine rings is 1. The number of hydrogen-bond donors (Lipinski definition) is 2. The summed E-state index contributed by atoms with van der Waals surface area (Å²) in [7, 11) is 0. The fourth-order valence-corrected chi connectivity index (χ4v) is 9.79. The van der Waals surface area contributed by atoms with Crippen LogP contribution in [0.3, 0.4) is 0 Å². The molecule has 0 radical (unpaired) electrons. The molecule has 4 fully saturated rings. The van der Waals surface area contributed by atoms with Gasteiger partial charge >= 0.3 is 6.03 Å². The minimum Gasteiger partial charge on any atom is -0.325 e. The second-order valence-electron chi connectivity index (χ2n) is 15.6. The third kappa shape index (κ3) is 8.75. The van der Waals surface area contributed by atoms with Crippen LogP contribution in [0.5, 0.6) is 0 Å². The first-order valence-corrected chi connectivity index (χ1v) is 20.0. The average molecular weight is 777 g/mol. The van der Waals surface area contributed by atoms with Gasteiger partial charge in [0.05, 0.1) is 17.5 Å². The quantitative estimate of drug-likeness (QED) is 0.168. The van der Waals surface area contributed by atoms with Crippen LogP contribution in [0.2, 0.25) is 5.02 Å². The van der Waals surface area contributed by atoms with E-state index < -0.39 is 5.54 Å². The maximum absolute atomic E-state index is 13.6. The van der Waals surface area contributed by atoms with E-state index in [0.717, 1.165) is 75.7 Å². The van der Waals surface area contributed by atoms with E-state index in [1.807, 2.05) is 44.2 Å². The number of amides is 6. The third-order valence-electron chi connectivity index (χ3n) is 11.4. The Morgan fingerprint density at radius 1 is 1.06 bits per heavy atom. The van der Waals surface area contributed by atoms with Crippen LogP contribution in [0.4, 0.5) is 10.5 Å². The number of hydrogen-bond acceptors (Lipinski definition) is 10. The number of rotatable bonds is 11. The Morgan fingerprint density at radius 3 is 2.37 bits per heavy atom. The SMILES string of the molecule is C[C@@H]1CN(CCCC2CCC(N3C(=O)N(Sc4cnc(C#N)c(Cl)c4)C(=O)C3(C)C)CC2)C[C@H](C)N1CC(=O)Nc1ccc(C2CCC(=O)NC2=O)cc1. The smallest absolute Gasteiger partial charge is 0.325 e. The van der Waals surface area contributed by atoms with Crippen LogP contribution in [-0.4, -0.2) is 103 Å². The first-order chi connectivity index (χ1) is 25.7. The molecular weight excluding hydrogens is 728 g/mol. The number of aromatic nitrogens is 1. The van der Waals surface area contributed by atoms with Gasteiger partial charge < -0.3 is 15.1 Å². The summed E-state index contributed by atoms with van der Waals surface area (Å²) in [6.07, 6.45) is 8.20. The Kier molecular flexibility index (Phi) is 12.3. The maximum atomic E-state index is 13.6. The highest BCUT2D eigenvalue weighted by Gasteiger charge is 2.54. The van der Waals surface area contributed by atoms with Crippen molar-refractivity contribution in [2.75, 3.05) is 31.5 Å². The van der Waals surface area contributed by atoms with Crippen LogP contribution in [0.1, 0.15) is 96.2 Å². The summed E-state index contributed by atoms with van der Waals surface area (Å²) in [5.74, 6) is -0.639. The lowest BCUT2D eigenvalue weighted by molar-refractivity contribution is -0.134. The van der Waals surface area contributed by atoms with E-state index in [4.69, 9.17) is 16.9 Å². The molecule has 1 unspecified atom stereocenters. The van der Waals surface area contributed by atoms with Crippen molar-refractivity contribution >= 4 is 58.9 Å². The van der Waals surface area contributed by atoms with Crippen LogP contribution in [0.25, 0.3) is 0 Å². The van der Waals surface area contributed by atoms with Crippen molar-refractivity contribution in [2.45, 2.75) is 114 Å². The van der Waals surface area contributed by atoms with Gasteiger partial charge in [-0.2, -0.15) is 9.57 Å². The van der Waals surface area contributed by atoms with Gasteiger partial charge in [0.1, 0.15) is 11.6 Å². The predicted octanol–water partition coefficient (Wildman–Crippen LogP) is 5.55. The molecule has 6 amide bonds. The molecule has 4 heterocycles. The van der Waals surface area contributed by atoms with Crippen molar-refractivity contribution in [1.82, 2.24) is 29.3 Å². The van der Waals surface area contributed by atoms with Gasteiger partial charge in [-0.1, -0.05) is 23.7 Å². The lowest BCUT2D eigenvalue weighted by atomic mass is 9.81. The van der Waals surface area contributed by atoms with Gasteiger partial charge in [-0.3, -0.25) is 29.4 Å². The molecule has 54 heavy (non-hydrogen) atoms. The standard InChI is InChI=1S/C39H49ClN8O5S/c1-24-21-45(22-25(2)46(24)23-35(50)43-28-11-9-27(10-12-28)31-15-16-34(49)44-36(31)51)17-5-6-26-7-13-29(14-8-26)47-38(53)48(37(52)39(47,3)4)54-30-18-32(40)33(19-41)42-20-30/h9-12,18,20,24-26,29,31H,5-8,13-17,21-23H2,1-4H3,(H,43,50)(H,44,49,51)/t24-,25+,26?,29?,31?. The highest BCUT2D eigenvalue weighted by molar-refractivity contribution is 7.98. The summed E-state index contributed by atoms with van der Waals surface area (Å²) in [5, 5.41) is 14.7. The topological polar surface area (TPSA) is 159 Å². The monoisotopic (exact) mass is 776 g/mol. The molecule has 6 rings (SSSR count). The number of pyridine rings is 1. The van der Waals surface area contributed by atoms with Crippen LogP contribution in [0, 0.1) is 17.2 Å². The zero-order valence-electron chi connectivity index (χ0n) is 31.3. The van der Waals surface area contributed by atoms with Gasteiger partial charge in [-0.25, -0.2) is 9.78 Å². The molecular formula is C39H49ClN8O5S. The van der Waals surface area contributed by atoms with E-state index in [2.05, 4.69) is 39.3 Å². The fraction of sp³-hybridized carbons (Fsp3) is 0.564. The molecule has 1 aromatic heterocycles. The number of imide groups is 2. The number of carbonyl (C=O) groups is 5. The number of benzene rings is 1. The summed E-state index contributed by atoms with van der Waals surface area (Å²) in [5.41, 5.74) is 0.640. The Labute approximate surface area is 326 Å². The normalized spacial score (nSPS) is 26.5. The molecule has 0 spiro atoms. The number of nitriles is 1. The van der Waals surface area contributed by atoms with Gasteiger partial charge in [-0.15, -0.1) is 0 Å². The van der Waals surface area contributed by atoms with E-state index in [1.165, 1.54) is 10.5 Å². The lowest BCUT2D eigenvalue weighted by Gasteiger charge is -2.44. The van der Waals surface area contributed by atoms with Crippen LogP contribution < -0.4 is 10.6 Å². The Morgan fingerprint density at radius 2 is 1.74 bits per heavy atom. The zero-order chi connectivity index (χ0) is 38.7. The molecule has 4 aliphatic rings. The number of urea groups is 1. The largest absolute Gasteiger partial charge is 0.338 e. The summed E-state index contributed by atoms with van der Waals surface area (Å²) in [6.45, 7) is 11.1. The molecule has 3 aliphatic heterocycles. The van der Waals surface area contributed by atoms with E-state index in [-0.39, 0.29) is 64.4 Å². The summed E-state index contributed by atoms with van der Waals surface area (Å²) in [6, 6.07) is 10.9. The molecule has 0 bridgehead atoms. The molecule has 288 valence electrons. The number of carbonyl (C=O) groups excluding carboxylic acids is 5. The van der Waals surface area contributed by atoms with Crippen molar-refractivity contribution in [3.63, 3.8) is 0 Å². The Bertz CT molecular complexity index is 1800. The maximum Gasteiger partial charge on any atom is 0.338 e. The van der Waals surface area contributed by atoms with Gasteiger partial charge in [0.25, 0.3) is 5.91 Å². The van der Waals surface area contributed by atoms with Crippen LogP contribution in [-0.2, 0) is 19.2 Å². The van der Waals surface area contributed by atoms with Crippen molar-refractivity contribution < 1.29 is 24.0 Å². The molecule has 1 aromatic carbocycles. The number of nitrogens with zero attached hydrogens (tertiary/aromatic N) is 6. The zero-order valence-corrected chi connectivity index (χ0v) is 32.9. The second-order valence-corrected chi connectivity index (χ2v) is 17.1. The molecule has 13 nitrogen and oxygen atoms in total. The highest BCUT2D eigenvalue weighted by atomic mass is 35.5. The van der Waals surface area contributed by atoms with Crippen molar-refractivity contribution in [2.24, 2.45) is 5.92 Å². The van der Waals surface area contributed by atoms with E-state index in [0.29, 0.717) is 35.9 Å². The average Bonchev–Trinajstić information content (AvgIpc) is 3.29. The summed E-state index contributed by atoms with van der Waals surface area (Å²) in [4.78, 5) is 74.9. The minimum absolute atomic E-state index is 0.00912. The molecule has 1 aliphatic carbocycles. The Hall–Kier alpha value is -4.03. The summed E-state index contributed by atoms with van der Waals surface area (Å²) < 4.78 is 1.20. The molecule has 2 aromatic rings. The van der Waals surface area contributed by atoms with Crippen molar-refractivity contribution in [1.29, 1.82) is 5.26 Å². The summed E-state index contributed by atoms with van der Waals surface area (Å²) >= 11 is 7.14. The minimum atomic E-state index is -0.966. The van der Waals surface area contributed by atoms with Gasteiger partial charge in [0, 0.05) is 66.4 Å². The molecule has 1 saturated carbocycles. The molecule has 3 saturated heterocycles. The van der Waals surface area contributed by atoms with Crippen LogP contribution in [0.15, 0.2) is 41.4 Å². The van der Waals surface area contributed by atoms with E-state index in [9.17, 15) is 24.0 Å². The number of nitrogens with one attached hydrogen (secondary N) is 2. The first kappa shape index (κ1) is 39.7. The van der Waals surface area contributed by atoms with E-state index >= 15 is 0 Å². The molecule has 15 heteroatoms. The lowest BCUT2D eigenvalue weighted by Crippen LogP contribution is -2.58. The van der Waals surface area contributed by atoms with Gasteiger partial charge in [-0.05, 0) is 109 Å². The number of anilines is 1. The molecule has 3 atom stereocenters. The predicted molar refractivity (Wildman–Crippen MR) is 205 cm³/mol. The van der Waals surface area contributed by atoms with Crippen LogP contribution >= 0.6 is 23.5 Å². The Balaban J connectivity index is 0.916. The van der Waals surface area contributed by atoms with E-state index in [1.54, 1.807) is 11.0 Å². The highest BCUT2D eigenvalue weighted by Crippen LogP contribution is 2.41. The fourth-order valence-electron chi connectivity index (χ4n) is 8.56. The van der Waals surface area contributed by atoms with Gasteiger partial charge in [0.2, 0.25) is 17.7 Å². The van der Waals surface area contributed by atoms with Crippen molar-refractivity contribution in [3.8, 4) is 6.07 Å². The first-order valence-electron chi connectivity index (χ1n) is 18.9. The third-order valence-corrected chi connectivity index (χ3v) is 12.6. The van der Waals surface area contributed by atoms with Crippen molar-refractivity contribution in [3.05, 3.63) is 52.8 Å². The number of halogens is 1. The van der Waals surface area contributed by atoms with Gasteiger partial charge in [0.15, 0.2) is 5.69 Å². The number of piperazine rings is 1.